The Hall–Kier alpha value is -1.88. The summed E-state index contributed by atoms with van der Waals surface area (Å²) >= 11 is 1.32. The molecule has 1 N–H and O–H groups in total. The third-order valence-corrected chi connectivity index (χ3v) is 3.88. The molecule has 1 atom stereocenters. The van der Waals surface area contributed by atoms with E-state index >= 15 is 0 Å². The zero-order chi connectivity index (χ0) is 13.8. The second-order valence-electron chi connectivity index (χ2n) is 4.20. The predicted octanol–water partition coefficient (Wildman–Crippen LogP) is 3.41. The van der Waals surface area contributed by atoms with Crippen LogP contribution in [0.3, 0.4) is 0 Å². The molecule has 0 fully saturated rings. The molecule has 100 valence electrons. The van der Waals surface area contributed by atoms with E-state index in [1.807, 2.05) is 18.2 Å². The van der Waals surface area contributed by atoms with Gasteiger partial charge in [-0.2, -0.15) is 0 Å². The molecule has 0 aliphatic carbocycles. The van der Waals surface area contributed by atoms with Crippen LogP contribution in [0.2, 0.25) is 0 Å². The minimum absolute atomic E-state index is 0.136. The highest BCUT2D eigenvalue weighted by Crippen LogP contribution is 2.26. The number of aryl methyl sites for hydroxylation is 1. The van der Waals surface area contributed by atoms with Crippen LogP contribution in [0, 0.1) is 6.92 Å². The Morgan fingerprint density at radius 1 is 1.37 bits per heavy atom. The molecule has 5 heteroatoms. The highest BCUT2D eigenvalue weighted by Gasteiger charge is 2.16. The van der Waals surface area contributed by atoms with Gasteiger partial charge in [-0.3, -0.25) is 0 Å². The molecule has 0 amide bonds. The van der Waals surface area contributed by atoms with E-state index in [0.717, 1.165) is 5.13 Å². The van der Waals surface area contributed by atoms with Gasteiger partial charge in [0.05, 0.1) is 18.8 Å². The molecule has 1 aromatic carbocycles. The van der Waals surface area contributed by atoms with Crippen LogP contribution in [0.15, 0.2) is 30.3 Å². The van der Waals surface area contributed by atoms with Crippen molar-refractivity contribution in [2.24, 2.45) is 0 Å². The molecule has 0 aliphatic rings. The van der Waals surface area contributed by atoms with Gasteiger partial charge >= 0.3 is 5.97 Å². The molecule has 0 spiro atoms. The van der Waals surface area contributed by atoms with Crippen LogP contribution in [0.5, 0.6) is 0 Å². The van der Waals surface area contributed by atoms with Gasteiger partial charge < -0.3 is 10.1 Å². The number of nitrogens with one attached hydrogen (secondary N) is 1. The number of methoxy groups -OCH3 is 1. The van der Waals surface area contributed by atoms with Crippen LogP contribution < -0.4 is 5.32 Å². The lowest BCUT2D eigenvalue weighted by molar-refractivity contribution is 0.0605. The van der Waals surface area contributed by atoms with E-state index in [2.05, 4.69) is 29.4 Å². The molecule has 19 heavy (non-hydrogen) atoms. The Bertz CT molecular complexity index is 566. The summed E-state index contributed by atoms with van der Waals surface area (Å²) in [5.41, 5.74) is 1.87. The Balaban J connectivity index is 2.14. The SMILES string of the molecule is COC(=O)c1sc(NC(C)c2ccccc2)nc1C. The van der Waals surface area contributed by atoms with Gasteiger partial charge in [0.25, 0.3) is 0 Å². The summed E-state index contributed by atoms with van der Waals surface area (Å²) in [6, 6.07) is 10.2. The van der Waals surface area contributed by atoms with E-state index in [-0.39, 0.29) is 12.0 Å². The molecule has 1 aromatic heterocycles. The lowest BCUT2D eigenvalue weighted by Gasteiger charge is -2.12. The van der Waals surface area contributed by atoms with Crippen LogP contribution >= 0.6 is 11.3 Å². The van der Waals surface area contributed by atoms with Crippen LogP contribution in [0.1, 0.15) is 33.9 Å². The standard InChI is InChI=1S/C14H16N2O2S/c1-9(11-7-5-4-6-8-11)15-14-16-10(2)12(19-14)13(17)18-3/h4-9H,1-3H3,(H,15,16). The molecule has 0 aliphatic heterocycles. The highest BCUT2D eigenvalue weighted by atomic mass is 32.1. The van der Waals surface area contributed by atoms with Gasteiger partial charge in [-0.15, -0.1) is 0 Å². The number of anilines is 1. The summed E-state index contributed by atoms with van der Waals surface area (Å²) in [6.07, 6.45) is 0. The summed E-state index contributed by atoms with van der Waals surface area (Å²) in [5, 5.41) is 4.03. The summed E-state index contributed by atoms with van der Waals surface area (Å²) in [5.74, 6) is -0.338. The number of esters is 1. The first-order chi connectivity index (χ1) is 9.11. The van der Waals surface area contributed by atoms with Crippen molar-refractivity contribution in [3.8, 4) is 0 Å². The maximum atomic E-state index is 11.5. The van der Waals surface area contributed by atoms with Crippen molar-refractivity contribution in [3.63, 3.8) is 0 Å². The van der Waals surface area contributed by atoms with Gasteiger partial charge in [0, 0.05) is 0 Å². The molecule has 0 saturated carbocycles. The van der Waals surface area contributed by atoms with Gasteiger partial charge in [-0.25, -0.2) is 9.78 Å². The Labute approximate surface area is 116 Å². The van der Waals surface area contributed by atoms with E-state index in [4.69, 9.17) is 4.74 Å². The maximum Gasteiger partial charge on any atom is 0.350 e. The number of aromatic nitrogens is 1. The summed E-state index contributed by atoms with van der Waals surface area (Å²) in [4.78, 5) is 16.4. The monoisotopic (exact) mass is 276 g/mol. The lowest BCUT2D eigenvalue weighted by Crippen LogP contribution is -2.05. The fourth-order valence-electron chi connectivity index (χ4n) is 1.75. The molecule has 4 nitrogen and oxygen atoms in total. The Morgan fingerprint density at radius 3 is 2.68 bits per heavy atom. The predicted molar refractivity (Wildman–Crippen MR) is 76.7 cm³/mol. The Morgan fingerprint density at radius 2 is 2.05 bits per heavy atom. The third kappa shape index (κ3) is 3.12. The average molecular weight is 276 g/mol. The molecular formula is C14H16N2O2S. The second kappa shape index (κ2) is 5.84. The number of carbonyl (C=O) groups is 1. The van der Waals surface area contributed by atoms with Crippen LogP contribution in [0.4, 0.5) is 5.13 Å². The number of hydrogen-bond acceptors (Lipinski definition) is 5. The van der Waals surface area contributed by atoms with Crippen LogP contribution in [-0.4, -0.2) is 18.1 Å². The zero-order valence-corrected chi connectivity index (χ0v) is 12.0. The van der Waals surface area contributed by atoms with Crippen molar-refractivity contribution < 1.29 is 9.53 Å². The molecule has 0 radical (unpaired) electrons. The third-order valence-electron chi connectivity index (χ3n) is 2.81. The number of hydrogen-bond donors (Lipinski definition) is 1. The first-order valence-electron chi connectivity index (χ1n) is 5.99. The Kier molecular flexibility index (Phi) is 4.16. The van der Waals surface area contributed by atoms with Crippen molar-refractivity contribution in [3.05, 3.63) is 46.5 Å². The molecule has 1 unspecified atom stereocenters. The highest BCUT2D eigenvalue weighted by molar-refractivity contribution is 7.17. The fraction of sp³-hybridized carbons (Fsp3) is 0.286. The van der Waals surface area contributed by atoms with Gasteiger partial charge in [0.1, 0.15) is 4.88 Å². The van der Waals surface area contributed by atoms with Crippen molar-refractivity contribution >= 4 is 22.4 Å². The van der Waals surface area contributed by atoms with Gasteiger partial charge in [-0.05, 0) is 19.4 Å². The van der Waals surface area contributed by atoms with Crippen molar-refractivity contribution in [1.29, 1.82) is 0 Å². The van der Waals surface area contributed by atoms with Crippen molar-refractivity contribution in [1.82, 2.24) is 4.98 Å². The second-order valence-corrected chi connectivity index (χ2v) is 5.20. The van der Waals surface area contributed by atoms with E-state index in [1.165, 1.54) is 24.0 Å². The zero-order valence-electron chi connectivity index (χ0n) is 11.1. The molecule has 0 bridgehead atoms. The normalized spacial score (nSPS) is 11.9. The lowest BCUT2D eigenvalue weighted by atomic mass is 10.1. The number of rotatable bonds is 4. The smallest absolute Gasteiger partial charge is 0.350 e. The summed E-state index contributed by atoms with van der Waals surface area (Å²) < 4.78 is 4.72. The fourth-order valence-corrected chi connectivity index (χ4v) is 2.72. The number of benzene rings is 1. The minimum Gasteiger partial charge on any atom is -0.465 e. The van der Waals surface area contributed by atoms with Crippen LogP contribution in [-0.2, 0) is 4.74 Å². The number of thiazole rings is 1. The van der Waals surface area contributed by atoms with Crippen molar-refractivity contribution in [2.75, 3.05) is 12.4 Å². The summed E-state index contributed by atoms with van der Waals surface area (Å²) in [6.45, 7) is 3.87. The van der Waals surface area contributed by atoms with Crippen molar-refractivity contribution in [2.45, 2.75) is 19.9 Å². The molecule has 1 heterocycles. The minimum atomic E-state index is -0.338. The number of nitrogens with zero attached hydrogens (tertiary/aromatic N) is 1. The van der Waals surface area contributed by atoms with Gasteiger partial charge in [0.2, 0.25) is 0 Å². The molecular weight excluding hydrogens is 260 g/mol. The van der Waals surface area contributed by atoms with Gasteiger partial charge in [0.15, 0.2) is 5.13 Å². The molecule has 2 aromatic rings. The topological polar surface area (TPSA) is 51.2 Å². The molecule has 2 rings (SSSR count). The van der Waals surface area contributed by atoms with Gasteiger partial charge in [-0.1, -0.05) is 41.7 Å². The van der Waals surface area contributed by atoms with E-state index in [9.17, 15) is 4.79 Å². The number of ether oxygens (including phenoxy) is 1. The largest absolute Gasteiger partial charge is 0.465 e. The van der Waals surface area contributed by atoms with E-state index in [0.29, 0.717) is 10.6 Å². The van der Waals surface area contributed by atoms with Crippen LogP contribution in [0.25, 0.3) is 0 Å². The van der Waals surface area contributed by atoms with E-state index < -0.39 is 0 Å². The first kappa shape index (κ1) is 13.5. The quantitative estimate of drug-likeness (QED) is 0.869. The summed E-state index contributed by atoms with van der Waals surface area (Å²) in [7, 11) is 1.38. The number of carbonyl (C=O) groups excluding carboxylic acids is 1. The molecule has 0 saturated heterocycles. The van der Waals surface area contributed by atoms with E-state index in [1.54, 1.807) is 6.92 Å². The maximum absolute atomic E-state index is 11.5. The average Bonchev–Trinajstić information content (AvgIpc) is 2.79. The first-order valence-corrected chi connectivity index (χ1v) is 6.80.